The van der Waals surface area contributed by atoms with E-state index in [-0.39, 0.29) is 11.9 Å². The van der Waals surface area contributed by atoms with Gasteiger partial charge in [-0.3, -0.25) is 14.3 Å². The number of likely N-dealkylation sites (N-methyl/N-ethyl adjacent to an activating group) is 1. The molecule has 1 atom stereocenters. The van der Waals surface area contributed by atoms with Crippen molar-refractivity contribution in [1.29, 1.82) is 0 Å². The van der Waals surface area contributed by atoms with Crippen LogP contribution in [-0.4, -0.2) is 39.4 Å². The summed E-state index contributed by atoms with van der Waals surface area (Å²) in [6.07, 6.45) is 5.36. The molecule has 1 N–H and O–H groups in total. The second kappa shape index (κ2) is 7.93. The Kier molecular flexibility index (Phi) is 5.43. The molecule has 0 saturated heterocycles. The Morgan fingerprint density at radius 2 is 1.92 bits per heavy atom. The fourth-order valence-electron chi connectivity index (χ4n) is 2.93. The summed E-state index contributed by atoms with van der Waals surface area (Å²) in [6, 6.07) is 13.3. The highest BCUT2D eigenvalue weighted by atomic mass is 16.2. The Balaban J connectivity index is 1.72. The van der Waals surface area contributed by atoms with E-state index in [4.69, 9.17) is 0 Å². The second-order valence-electron chi connectivity index (χ2n) is 6.36. The largest absolute Gasteiger partial charge is 0.350 e. The van der Waals surface area contributed by atoms with E-state index in [0.29, 0.717) is 6.54 Å². The molecule has 0 radical (unpaired) electrons. The van der Waals surface area contributed by atoms with Crippen LogP contribution in [0, 0.1) is 6.92 Å². The number of carbonyl (C=O) groups excluding carboxylic acids is 1. The third kappa shape index (κ3) is 3.97. The van der Waals surface area contributed by atoms with Gasteiger partial charge in [0.05, 0.1) is 0 Å². The molecular weight excluding hydrogens is 326 g/mol. The smallest absolute Gasteiger partial charge is 0.242 e. The first-order valence-electron chi connectivity index (χ1n) is 8.50. The Labute approximate surface area is 153 Å². The monoisotopic (exact) mass is 349 g/mol. The fraction of sp³-hybridized carbons (Fsp3) is 0.250. The first kappa shape index (κ1) is 17.8. The lowest BCUT2D eigenvalue weighted by atomic mass is 10.1. The molecule has 1 aromatic carbocycles. The number of hydrogen-bond acceptors (Lipinski definition) is 4. The molecule has 0 unspecified atom stereocenters. The number of nitrogens with zero attached hydrogens (tertiary/aromatic N) is 4. The van der Waals surface area contributed by atoms with Crippen LogP contribution in [0.25, 0.3) is 5.82 Å². The van der Waals surface area contributed by atoms with Gasteiger partial charge in [-0.2, -0.15) is 0 Å². The predicted octanol–water partition coefficient (Wildman–Crippen LogP) is 2.49. The third-order valence-electron chi connectivity index (χ3n) is 4.23. The lowest BCUT2D eigenvalue weighted by Gasteiger charge is -2.24. The summed E-state index contributed by atoms with van der Waals surface area (Å²) in [4.78, 5) is 23.3. The molecule has 134 valence electrons. The number of amides is 1. The minimum atomic E-state index is -0.326. The van der Waals surface area contributed by atoms with Crippen LogP contribution in [-0.2, 0) is 11.3 Å². The highest BCUT2D eigenvalue weighted by Gasteiger charge is 2.22. The normalized spacial score (nSPS) is 12.2. The summed E-state index contributed by atoms with van der Waals surface area (Å²) < 4.78 is 1.91. The van der Waals surface area contributed by atoms with E-state index in [9.17, 15) is 4.79 Å². The zero-order valence-electron chi connectivity index (χ0n) is 15.3. The van der Waals surface area contributed by atoms with E-state index in [1.165, 1.54) is 0 Å². The first-order chi connectivity index (χ1) is 12.6. The second-order valence-corrected chi connectivity index (χ2v) is 6.36. The average molecular weight is 349 g/mol. The number of nitrogens with one attached hydrogen (secondary N) is 1. The highest BCUT2D eigenvalue weighted by Crippen LogP contribution is 2.18. The molecule has 0 saturated carbocycles. The minimum absolute atomic E-state index is 0.0293. The van der Waals surface area contributed by atoms with Crippen LogP contribution in [0.4, 0.5) is 0 Å². The van der Waals surface area contributed by atoms with Gasteiger partial charge in [-0.15, -0.1) is 0 Å². The zero-order valence-corrected chi connectivity index (χ0v) is 15.3. The van der Waals surface area contributed by atoms with E-state index in [1.807, 2.05) is 79.1 Å². The Morgan fingerprint density at radius 3 is 2.58 bits per heavy atom. The maximum atomic E-state index is 12.7. The molecule has 2 heterocycles. The summed E-state index contributed by atoms with van der Waals surface area (Å²) >= 11 is 0. The topological polar surface area (TPSA) is 63.1 Å². The van der Waals surface area contributed by atoms with Crippen molar-refractivity contribution in [2.75, 3.05) is 14.1 Å². The lowest BCUT2D eigenvalue weighted by Crippen LogP contribution is -2.36. The molecule has 0 aliphatic carbocycles. The Hall–Kier alpha value is -2.99. The van der Waals surface area contributed by atoms with Crippen molar-refractivity contribution in [3.8, 4) is 5.82 Å². The molecule has 2 aromatic heterocycles. The molecule has 0 fully saturated rings. The molecule has 1 amide bonds. The van der Waals surface area contributed by atoms with E-state index in [2.05, 4.69) is 15.3 Å². The summed E-state index contributed by atoms with van der Waals surface area (Å²) in [5, 5.41) is 3.03. The van der Waals surface area contributed by atoms with E-state index >= 15 is 0 Å². The third-order valence-corrected chi connectivity index (χ3v) is 4.23. The van der Waals surface area contributed by atoms with Crippen LogP contribution in [0.3, 0.4) is 0 Å². The SMILES string of the molecule is Cc1nccn1-c1cc(CNC(=O)[C@@H](c2ccccc2)N(C)C)ccn1. The Morgan fingerprint density at radius 1 is 1.15 bits per heavy atom. The van der Waals surface area contributed by atoms with E-state index < -0.39 is 0 Å². The molecular formula is C20H23N5O. The number of rotatable bonds is 6. The number of aromatic nitrogens is 3. The summed E-state index contributed by atoms with van der Waals surface area (Å²) in [5.41, 5.74) is 1.96. The van der Waals surface area contributed by atoms with Crippen molar-refractivity contribution in [3.05, 3.63) is 78.0 Å². The predicted molar refractivity (Wildman–Crippen MR) is 101 cm³/mol. The molecule has 0 bridgehead atoms. The van der Waals surface area contributed by atoms with Crippen LogP contribution < -0.4 is 5.32 Å². The Bertz CT molecular complexity index is 873. The molecule has 0 aliphatic heterocycles. The number of hydrogen-bond donors (Lipinski definition) is 1. The molecule has 3 aromatic rings. The van der Waals surface area contributed by atoms with Gasteiger partial charge in [0.1, 0.15) is 17.7 Å². The molecule has 6 nitrogen and oxygen atoms in total. The van der Waals surface area contributed by atoms with Crippen LogP contribution in [0.1, 0.15) is 23.0 Å². The van der Waals surface area contributed by atoms with Crippen LogP contribution in [0.5, 0.6) is 0 Å². The molecule has 0 aliphatic rings. The van der Waals surface area contributed by atoms with E-state index in [1.54, 1.807) is 12.4 Å². The van der Waals surface area contributed by atoms with Crippen molar-refractivity contribution < 1.29 is 4.79 Å². The van der Waals surface area contributed by atoms with Crippen molar-refractivity contribution in [2.45, 2.75) is 19.5 Å². The maximum absolute atomic E-state index is 12.7. The van der Waals surface area contributed by atoms with Gasteiger partial charge in [0.15, 0.2) is 0 Å². The first-order valence-corrected chi connectivity index (χ1v) is 8.50. The molecule has 26 heavy (non-hydrogen) atoms. The highest BCUT2D eigenvalue weighted by molar-refractivity contribution is 5.83. The maximum Gasteiger partial charge on any atom is 0.242 e. The quantitative estimate of drug-likeness (QED) is 0.743. The summed E-state index contributed by atoms with van der Waals surface area (Å²) in [6.45, 7) is 2.37. The average Bonchev–Trinajstić information content (AvgIpc) is 3.07. The van der Waals surface area contributed by atoms with Gasteiger partial charge in [0.2, 0.25) is 5.91 Å². The van der Waals surface area contributed by atoms with Crippen molar-refractivity contribution in [3.63, 3.8) is 0 Å². The van der Waals surface area contributed by atoms with Gasteiger partial charge in [-0.25, -0.2) is 9.97 Å². The lowest BCUT2D eigenvalue weighted by molar-refractivity contribution is -0.125. The summed E-state index contributed by atoms with van der Waals surface area (Å²) in [5.74, 6) is 1.63. The zero-order chi connectivity index (χ0) is 18.5. The minimum Gasteiger partial charge on any atom is -0.350 e. The van der Waals surface area contributed by atoms with Crippen molar-refractivity contribution in [1.82, 2.24) is 24.8 Å². The molecule has 6 heteroatoms. The van der Waals surface area contributed by atoms with Gasteiger partial charge in [-0.1, -0.05) is 30.3 Å². The number of pyridine rings is 1. The molecule has 0 spiro atoms. The van der Waals surface area contributed by atoms with Gasteiger partial charge in [0.25, 0.3) is 0 Å². The van der Waals surface area contributed by atoms with Crippen molar-refractivity contribution in [2.24, 2.45) is 0 Å². The van der Waals surface area contributed by atoms with Crippen molar-refractivity contribution >= 4 is 5.91 Å². The number of carbonyl (C=O) groups is 1. The number of benzene rings is 1. The van der Waals surface area contributed by atoms with Gasteiger partial charge in [0, 0.05) is 25.1 Å². The standard InChI is InChI=1S/C20H23N5O/c1-15-21-11-12-25(15)18-13-16(9-10-22-18)14-23-20(26)19(24(2)3)17-7-5-4-6-8-17/h4-13,19H,14H2,1-3H3,(H,23,26)/t19-/m1/s1. The van der Waals surface area contributed by atoms with Gasteiger partial charge >= 0.3 is 0 Å². The summed E-state index contributed by atoms with van der Waals surface area (Å²) in [7, 11) is 3.81. The number of imidazole rings is 1. The van der Waals surface area contributed by atoms with E-state index in [0.717, 1.165) is 22.8 Å². The van der Waals surface area contributed by atoms with Crippen LogP contribution >= 0.6 is 0 Å². The number of aryl methyl sites for hydroxylation is 1. The van der Waals surface area contributed by atoms with Crippen LogP contribution in [0.2, 0.25) is 0 Å². The van der Waals surface area contributed by atoms with Gasteiger partial charge in [-0.05, 0) is 44.3 Å². The molecule has 3 rings (SSSR count). The van der Waals surface area contributed by atoms with Gasteiger partial charge < -0.3 is 5.32 Å². The fourth-order valence-corrected chi connectivity index (χ4v) is 2.93. The van der Waals surface area contributed by atoms with Crippen LogP contribution in [0.15, 0.2) is 61.1 Å².